The van der Waals surface area contributed by atoms with E-state index >= 15 is 0 Å². The molecular formula is C15H23NO. The standard InChI is InChI=1S/C15H23NO/c1-12(13-8-6-5-7-9-13)10-11-16-14(17)15(2,3)4/h5-9,12H,10-11H2,1-4H3,(H,16,17). The number of hydrogen-bond acceptors (Lipinski definition) is 1. The normalized spacial score (nSPS) is 13.2. The molecule has 0 aliphatic rings. The van der Waals surface area contributed by atoms with Gasteiger partial charge < -0.3 is 5.32 Å². The largest absolute Gasteiger partial charge is 0.356 e. The van der Waals surface area contributed by atoms with Crippen LogP contribution in [-0.2, 0) is 4.79 Å². The lowest BCUT2D eigenvalue weighted by molar-refractivity contribution is -0.128. The van der Waals surface area contributed by atoms with Gasteiger partial charge in [-0.15, -0.1) is 0 Å². The van der Waals surface area contributed by atoms with Crippen molar-refractivity contribution in [1.82, 2.24) is 5.32 Å². The van der Waals surface area contributed by atoms with Gasteiger partial charge >= 0.3 is 0 Å². The van der Waals surface area contributed by atoms with Crippen molar-refractivity contribution in [1.29, 1.82) is 0 Å². The Hall–Kier alpha value is -1.31. The summed E-state index contributed by atoms with van der Waals surface area (Å²) in [5.41, 5.74) is 1.04. The fourth-order valence-corrected chi connectivity index (χ4v) is 1.62. The van der Waals surface area contributed by atoms with Gasteiger partial charge in [0.15, 0.2) is 0 Å². The van der Waals surface area contributed by atoms with Crippen molar-refractivity contribution >= 4 is 5.91 Å². The van der Waals surface area contributed by atoms with Crippen LogP contribution in [0.4, 0.5) is 0 Å². The number of carbonyl (C=O) groups is 1. The number of hydrogen-bond donors (Lipinski definition) is 1. The minimum absolute atomic E-state index is 0.123. The van der Waals surface area contributed by atoms with Gasteiger partial charge in [-0.2, -0.15) is 0 Å². The quantitative estimate of drug-likeness (QED) is 0.849. The zero-order chi connectivity index (χ0) is 12.9. The monoisotopic (exact) mass is 233 g/mol. The molecule has 0 fully saturated rings. The molecule has 94 valence electrons. The van der Waals surface area contributed by atoms with E-state index < -0.39 is 0 Å². The minimum atomic E-state index is -0.296. The Morgan fingerprint density at radius 2 is 1.82 bits per heavy atom. The van der Waals surface area contributed by atoms with E-state index in [0.717, 1.165) is 13.0 Å². The van der Waals surface area contributed by atoms with Crippen LogP contribution in [-0.4, -0.2) is 12.5 Å². The molecule has 1 aromatic carbocycles. The van der Waals surface area contributed by atoms with Crippen molar-refractivity contribution in [3.05, 3.63) is 35.9 Å². The molecule has 2 nitrogen and oxygen atoms in total. The lowest BCUT2D eigenvalue weighted by Crippen LogP contribution is -2.35. The highest BCUT2D eigenvalue weighted by Crippen LogP contribution is 2.18. The molecule has 17 heavy (non-hydrogen) atoms. The zero-order valence-electron chi connectivity index (χ0n) is 11.3. The van der Waals surface area contributed by atoms with Crippen molar-refractivity contribution in [2.24, 2.45) is 5.41 Å². The van der Waals surface area contributed by atoms with Gasteiger partial charge in [-0.3, -0.25) is 4.79 Å². The second-order valence-corrected chi connectivity index (χ2v) is 5.61. The summed E-state index contributed by atoms with van der Waals surface area (Å²) in [6.07, 6.45) is 0.978. The van der Waals surface area contributed by atoms with Crippen molar-refractivity contribution in [3.8, 4) is 0 Å². The van der Waals surface area contributed by atoms with Gasteiger partial charge in [0, 0.05) is 12.0 Å². The fraction of sp³-hybridized carbons (Fsp3) is 0.533. The smallest absolute Gasteiger partial charge is 0.225 e. The molecule has 0 aliphatic carbocycles. The van der Waals surface area contributed by atoms with Gasteiger partial charge in [0.25, 0.3) is 0 Å². The lowest BCUT2D eigenvalue weighted by atomic mass is 9.95. The molecule has 1 atom stereocenters. The predicted octanol–water partition coefficient (Wildman–Crippen LogP) is 3.34. The number of benzene rings is 1. The molecule has 0 saturated heterocycles. The summed E-state index contributed by atoms with van der Waals surface area (Å²) in [6, 6.07) is 10.4. The van der Waals surface area contributed by atoms with Crippen LogP contribution in [0.2, 0.25) is 0 Å². The fourth-order valence-electron chi connectivity index (χ4n) is 1.62. The Labute approximate surface area is 104 Å². The molecule has 2 heteroatoms. The third-order valence-corrected chi connectivity index (χ3v) is 2.91. The molecule has 0 aromatic heterocycles. The predicted molar refractivity (Wildman–Crippen MR) is 71.9 cm³/mol. The minimum Gasteiger partial charge on any atom is -0.356 e. The Kier molecular flexibility index (Phi) is 4.73. The first kappa shape index (κ1) is 13.8. The van der Waals surface area contributed by atoms with Crippen LogP contribution in [0.5, 0.6) is 0 Å². The van der Waals surface area contributed by atoms with E-state index in [4.69, 9.17) is 0 Å². The van der Waals surface area contributed by atoms with Gasteiger partial charge in [0.2, 0.25) is 5.91 Å². The second-order valence-electron chi connectivity index (χ2n) is 5.61. The maximum absolute atomic E-state index is 11.7. The van der Waals surface area contributed by atoms with Crippen molar-refractivity contribution in [3.63, 3.8) is 0 Å². The summed E-state index contributed by atoms with van der Waals surface area (Å²) >= 11 is 0. The third kappa shape index (κ3) is 4.59. The highest BCUT2D eigenvalue weighted by Gasteiger charge is 2.20. The molecule has 1 aromatic rings. The Bertz CT molecular complexity index is 351. The highest BCUT2D eigenvalue weighted by atomic mass is 16.2. The van der Waals surface area contributed by atoms with Crippen LogP contribution >= 0.6 is 0 Å². The van der Waals surface area contributed by atoms with Gasteiger partial charge in [0.05, 0.1) is 0 Å². The average Bonchev–Trinajstić information content (AvgIpc) is 2.28. The van der Waals surface area contributed by atoms with Gasteiger partial charge in [-0.25, -0.2) is 0 Å². The van der Waals surface area contributed by atoms with Gasteiger partial charge in [-0.1, -0.05) is 58.0 Å². The highest BCUT2D eigenvalue weighted by molar-refractivity contribution is 5.81. The molecule has 0 radical (unpaired) electrons. The van der Waals surface area contributed by atoms with Crippen LogP contribution in [0.25, 0.3) is 0 Å². The van der Waals surface area contributed by atoms with E-state index in [0.29, 0.717) is 5.92 Å². The summed E-state index contributed by atoms with van der Waals surface area (Å²) in [7, 11) is 0. The number of rotatable bonds is 4. The molecule has 1 amide bonds. The average molecular weight is 233 g/mol. The molecule has 1 unspecified atom stereocenters. The maximum Gasteiger partial charge on any atom is 0.225 e. The molecule has 0 bridgehead atoms. The van der Waals surface area contributed by atoms with Crippen LogP contribution in [0.3, 0.4) is 0 Å². The summed E-state index contributed by atoms with van der Waals surface area (Å²) in [5.74, 6) is 0.606. The van der Waals surface area contributed by atoms with Crippen LogP contribution < -0.4 is 5.32 Å². The van der Waals surface area contributed by atoms with E-state index in [2.05, 4.69) is 36.5 Å². The van der Waals surface area contributed by atoms with Crippen molar-refractivity contribution in [2.45, 2.75) is 40.0 Å². The first-order valence-corrected chi connectivity index (χ1v) is 6.24. The molecule has 0 aliphatic heterocycles. The number of amides is 1. The van der Waals surface area contributed by atoms with E-state index in [1.807, 2.05) is 26.8 Å². The van der Waals surface area contributed by atoms with Crippen LogP contribution in [0.15, 0.2) is 30.3 Å². The van der Waals surface area contributed by atoms with Gasteiger partial charge in [0.1, 0.15) is 0 Å². The Balaban J connectivity index is 2.35. The first-order valence-electron chi connectivity index (χ1n) is 6.24. The third-order valence-electron chi connectivity index (χ3n) is 2.91. The summed E-state index contributed by atoms with van der Waals surface area (Å²) in [4.78, 5) is 11.7. The van der Waals surface area contributed by atoms with E-state index in [9.17, 15) is 4.79 Å². The number of carbonyl (C=O) groups excluding carboxylic acids is 1. The summed E-state index contributed by atoms with van der Waals surface area (Å²) in [6.45, 7) is 8.74. The Morgan fingerprint density at radius 3 is 2.35 bits per heavy atom. The lowest BCUT2D eigenvalue weighted by Gasteiger charge is -2.19. The number of nitrogens with one attached hydrogen (secondary N) is 1. The van der Waals surface area contributed by atoms with Gasteiger partial charge in [-0.05, 0) is 17.9 Å². The summed E-state index contributed by atoms with van der Waals surface area (Å²) < 4.78 is 0. The van der Waals surface area contributed by atoms with Crippen LogP contribution in [0.1, 0.15) is 45.6 Å². The molecule has 0 saturated carbocycles. The maximum atomic E-state index is 11.7. The molecular weight excluding hydrogens is 210 g/mol. The van der Waals surface area contributed by atoms with E-state index in [1.54, 1.807) is 0 Å². The van der Waals surface area contributed by atoms with E-state index in [1.165, 1.54) is 5.56 Å². The molecule has 0 spiro atoms. The van der Waals surface area contributed by atoms with Crippen molar-refractivity contribution in [2.75, 3.05) is 6.54 Å². The Morgan fingerprint density at radius 1 is 1.24 bits per heavy atom. The van der Waals surface area contributed by atoms with E-state index in [-0.39, 0.29) is 11.3 Å². The summed E-state index contributed by atoms with van der Waals surface area (Å²) in [5, 5.41) is 2.98. The zero-order valence-corrected chi connectivity index (χ0v) is 11.3. The topological polar surface area (TPSA) is 29.1 Å². The molecule has 1 N–H and O–H groups in total. The van der Waals surface area contributed by atoms with Crippen LogP contribution in [0, 0.1) is 5.41 Å². The SMILES string of the molecule is CC(CCNC(=O)C(C)(C)C)c1ccccc1. The van der Waals surface area contributed by atoms with Crippen molar-refractivity contribution < 1.29 is 4.79 Å². The molecule has 1 rings (SSSR count). The second kappa shape index (κ2) is 5.85. The molecule has 0 heterocycles. The first-order chi connectivity index (χ1) is 7.91.